The van der Waals surface area contributed by atoms with E-state index in [1.165, 1.54) is 30.0 Å². The molecule has 0 amide bonds. The summed E-state index contributed by atoms with van der Waals surface area (Å²) in [5.74, 6) is 1.42. The molecule has 1 aliphatic heterocycles. The lowest BCUT2D eigenvalue weighted by atomic mass is 9.75. The standard InChI is InChI=1S/C27H35FN2O3S.ClH/c28-23-5-3-4-21(16-23)17-26-25-18-24(33-15-12-29-34(31,32)19-20-6-7-20)10-8-22(25)9-11-27(26)30-13-1-2-14-30;/h3-5,8,10,16,18,20,26-27,29H,1-2,6-7,9,11-15,17,19H2;1H. The molecule has 2 unspecified atom stereocenters. The Morgan fingerprint density at radius 2 is 1.86 bits per heavy atom. The van der Waals surface area contributed by atoms with Crippen molar-refractivity contribution >= 4 is 22.4 Å². The van der Waals surface area contributed by atoms with Crippen LogP contribution in [0.25, 0.3) is 0 Å². The molecular formula is C27H36ClFN2O3S. The number of fused-ring (bicyclic) bond motifs is 1. The van der Waals surface area contributed by atoms with Crippen molar-refractivity contribution in [3.8, 4) is 5.75 Å². The number of benzene rings is 2. The van der Waals surface area contributed by atoms with Crippen molar-refractivity contribution in [2.45, 2.75) is 56.9 Å². The molecule has 2 atom stereocenters. The molecule has 0 radical (unpaired) electrons. The molecule has 1 saturated heterocycles. The molecule has 0 aromatic heterocycles. The van der Waals surface area contributed by atoms with E-state index in [-0.39, 0.29) is 36.4 Å². The summed E-state index contributed by atoms with van der Waals surface area (Å²) in [5.41, 5.74) is 3.66. The van der Waals surface area contributed by atoms with Crippen molar-refractivity contribution in [1.29, 1.82) is 0 Å². The number of halogens is 2. The Labute approximate surface area is 214 Å². The van der Waals surface area contributed by atoms with Gasteiger partial charge in [0.2, 0.25) is 10.0 Å². The molecule has 1 saturated carbocycles. The molecule has 3 aliphatic rings. The van der Waals surface area contributed by atoms with Gasteiger partial charge >= 0.3 is 0 Å². The number of ether oxygens (including phenoxy) is 1. The predicted octanol–water partition coefficient (Wildman–Crippen LogP) is 4.69. The fraction of sp³-hybridized carbons (Fsp3) is 0.556. The topological polar surface area (TPSA) is 58.6 Å². The van der Waals surface area contributed by atoms with Gasteiger partial charge in [-0.25, -0.2) is 17.5 Å². The van der Waals surface area contributed by atoms with Crippen molar-refractivity contribution in [3.63, 3.8) is 0 Å². The Morgan fingerprint density at radius 3 is 2.60 bits per heavy atom. The van der Waals surface area contributed by atoms with E-state index in [1.807, 2.05) is 12.1 Å². The summed E-state index contributed by atoms with van der Waals surface area (Å²) in [6.07, 6.45) is 7.49. The van der Waals surface area contributed by atoms with Gasteiger partial charge in [0.25, 0.3) is 0 Å². The molecule has 2 aromatic rings. The minimum Gasteiger partial charge on any atom is -0.492 e. The van der Waals surface area contributed by atoms with Gasteiger partial charge < -0.3 is 4.74 Å². The number of nitrogens with one attached hydrogen (secondary N) is 1. The van der Waals surface area contributed by atoms with Gasteiger partial charge in [-0.1, -0.05) is 18.2 Å². The van der Waals surface area contributed by atoms with Crippen LogP contribution in [0.15, 0.2) is 42.5 Å². The van der Waals surface area contributed by atoms with E-state index in [2.05, 4.69) is 21.8 Å². The van der Waals surface area contributed by atoms with E-state index < -0.39 is 10.0 Å². The lowest BCUT2D eigenvalue weighted by Gasteiger charge is -2.39. The van der Waals surface area contributed by atoms with E-state index in [9.17, 15) is 12.8 Å². The monoisotopic (exact) mass is 522 g/mol. The highest BCUT2D eigenvalue weighted by atomic mass is 35.5. The van der Waals surface area contributed by atoms with E-state index >= 15 is 0 Å². The summed E-state index contributed by atoms with van der Waals surface area (Å²) in [5, 5.41) is 0. The number of hydrogen-bond donors (Lipinski definition) is 1. The Hall–Kier alpha value is -1.67. The molecule has 2 aromatic carbocycles. The minimum atomic E-state index is -3.22. The van der Waals surface area contributed by atoms with Crippen molar-refractivity contribution in [1.82, 2.24) is 9.62 Å². The van der Waals surface area contributed by atoms with Gasteiger partial charge in [-0.15, -0.1) is 12.4 Å². The Balaban J connectivity index is 0.00000289. The molecule has 1 heterocycles. The quantitative estimate of drug-likeness (QED) is 0.460. The maximum atomic E-state index is 13.9. The second kappa shape index (κ2) is 11.6. The van der Waals surface area contributed by atoms with Crippen molar-refractivity contribution < 1.29 is 17.5 Å². The fourth-order valence-corrected chi connectivity index (χ4v) is 7.11. The van der Waals surface area contributed by atoms with Crippen LogP contribution in [0.3, 0.4) is 0 Å². The zero-order valence-electron chi connectivity index (χ0n) is 20.1. The maximum absolute atomic E-state index is 13.9. The van der Waals surface area contributed by atoms with Gasteiger partial charge in [-0.3, -0.25) is 4.90 Å². The van der Waals surface area contributed by atoms with Gasteiger partial charge in [0.05, 0.1) is 5.75 Å². The third-order valence-corrected chi connectivity index (χ3v) is 9.04. The summed E-state index contributed by atoms with van der Waals surface area (Å²) < 4.78 is 46.7. The van der Waals surface area contributed by atoms with Gasteiger partial charge in [-0.05, 0) is 105 Å². The SMILES string of the molecule is Cl.O=S(=O)(CC1CC1)NCCOc1ccc2c(c1)C(Cc1cccc(F)c1)C(N1CCCC1)CC2. The van der Waals surface area contributed by atoms with E-state index in [0.717, 1.165) is 56.5 Å². The molecule has 8 heteroatoms. The maximum Gasteiger partial charge on any atom is 0.211 e. The Bertz CT molecular complexity index is 1100. The highest BCUT2D eigenvalue weighted by Crippen LogP contribution is 2.40. The van der Waals surface area contributed by atoms with Crippen LogP contribution in [0.5, 0.6) is 5.75 Å². The number of sulfonamides is 1. The number of hydrogen-bond acceptors (Lipinski definition) is 4. The molecule has 5 rings (SSSR count). The summed E-state index contributed by atoms with van der Waals surface area (Å²) in [4.78, 5) is 2.62. The average Bonchev–Trinajstić information content (AvgIpc) is 3.44. The third kappa shape index (κ3) is 6.97. The van der Waals surface area contributed by atoms with Crippen molar-refractivity contribution in [2.75, 3.05) is 32.0 Å². The van der Waals surface area contributed by atoms with Crippen LogP contribution in [0.4, 0.5) is 4.39 Å². The zero-order valence-corrected chi connectivity index (χ0v) is 21.8. The zero-order chi connectivity index (χ0) is 23.5. The second-order valence-corrected chi connectivity index (χ2v) is 12.0. The van der Waals surface area contributed by atoms with Crippen LogP contribution < -0.4 is 9.46 Å². The van der Waals surface area contributed by atoms with Crippen LogP contribution in [-0.2, 0) is 22.9 Å². The second-order valence-electron chi connectivity index (χ2n) is 10.1. The number of aryl methyl sites for hydroxylation is 1. The van der Waals surface area contributed by atoms with E-state index in [0.29, 0.717) is 18.6 Å². The molecule has 0 bridgehead atoms. The summed E-state index contributed by atoms with van der Waals surface area (Å²) in [7, 11) is -3.22. The van der Waals surface area contributed by atoms with Crippen LogP contribution in [0.1, 0.15) is 54.7 Å². The first-order chi connectivity index (χ1) is 16.5. The predicted molar refractivity (Wildman–Crippen MR) is 139 cm³/mol. The normalized spacial score (nSPS) is 22.4. The Kier molecular flexibility index (Phi) is 8.74. The molecule has 2 aliphatic carbocycles. The van der Waals surface area contributed by atoms with E-state index in [4.69, 9.17) is 4.74 Å². The van der Waals surface area contributed by atoms with E-state index in [1.54, 1.807) is 12.1 Å². The number of rotatable bonds is 10. The first kappa shape index (κ1) is 26.4. The highest BCUT2D eigenvalue weighted by Gasteiger charge is 2.35. The van der Waals surface area contributed by atoms with Gasteiger partial charge in [-0.2, -0.15) is 0 Å². The summed E-state index contributed by atoms with van der Waals surface area (Å²) in [6, 6.07) is 13.7. The van der Waals surface area contributed by atoms with Gasteiger partial charge in [0.1, 0.15) is 18.2 Å². The molecule has 192 valence electrons. The molecule has 35 heavy (non-hydrogen) atoms. The lowest BCUT2D eigenvalue weighted by molar-refractivity contribution is 0.188. The molecular weight excluding hydrogens is 487 g/mol. The molecule has 1 N–H and O–H groups in total. The molecule has 0 spiro atoms. The molecule has 5 nitrogen and oxygen atoms in total. The lowest BCUT2D eigenvalue weighted by Crippen LogP contribution is -2.41. The van der Waals surface area contributed by atoms with Crippen molar-refractivity contribution in [3.05, 3.63) is 65.0 Å². The third-order valence-electron chi connectivity index (χ3n) is 7.49. The largest absolute Gasteiger partial charge is 0.492 e. The average molecular weight is 523 g/mol. The van der Waals surface area contributed by atoms with Crippen LogP contribution in [-0.4, -0.2) is 51.4 Å². The first-order valence-electron chi connectivity index (χ1n) is 12.7. The van der Waals surface area contributed by atoms with Crippen molar-refractivity contribution in [2.24, 2.45) is 5.92 Å². The van der Waals surface area contributed by atoms with Crippen LogP contribution >= 0.6 is 12.4 Å². The Morgan fingerprint density at radius 1 is 1.06 bits per heavy atom. The fourth-order valence-electron chi connectivity index (χ4n) is 5.64. The van der Waals surface area contributed by atoms with Crippen LogP contribution in [0, 0.1) is 11.7 Å². The van der Waals surface area contributed by atoms with Gasteiger partial charge in [0, 0.05) is 18.5 Å². The van der Waals surface area contributed by atoms with Crippen LogP contribution in [0.2, 0.25) is 0 Å². The summed E-state index contributed by atoms with van der Waals surface area (Å²) in [6.45, 7) is 2.84. The summed E-state index contributed by atoms with van der Waals surface area (Å²) >= 11 is 0. The number of likely N-dealkylation sites (tertiary alicyclic amines) is 1. The number of nitrogens with zero attached hydrogens (tertiary/aromatic N) is 1. The smallest absolute Gasteiger partial charge is 0.211 e. The minimum absolute atomic E-state index is 0. The molecule has 2 fully saturated rings. The van der Waals surface area contributed by atoms with Gasteiger partial charge in [0.15, 0.2) is 0 Å². The highest BCUT2D eigenvalue weighted by molar-refractivity contribution is 7.89. The first-order valence-corrected chi connectivity index (χ1v) is 14.3.